The minimum absolute atomic E-state index is 0.220. The second-order valence-electron chi connectivity index (χ2n) is 8.99. The van der Waals surface area contributed by atoms with Crippen molar-refractivity contribution in [3.05, 3.63) is 47.0 Å². The highest BCUT2D eigenvalue weighted by Crippen LogP contribution is 2.60. The normalized spacial score (nSPS) is 32.0. The molecular formula is C23H30N2O2. The lowest BCUT2D eigenvalue weighted by Crippen LogP contribution is -2.49. The number of nitrogens with zero attached hydrogens (tertiary/aromatic N) is 1. The molecule has 2 atom stereocenters. The van der Waals surface area contributed by atoms with Crippen molar-refractivity contribution in [2.24, 2.45) is 11.3 Å². The van der Waals surface area contributed by atoms with E-state index in [4.69, 9.17) is 4.74 Å². The zero-order valence-electron chi connectivity index (χ0n) is 16.3. The average molecular weight is 367 g/mol. The first-order valence-electron chi connectivity index (χ1n) is 10.5. The Morgan fingerprint density at radius 3 is 2.70 bits per heavy atom. The van der Waals surface area contributed by atoms with Gasteiger partial charge in [-0.3, -0.25) is 4.79 Å². The molecule has 3 fully saturated rings. The fraction of sp³-hybridized carbons (Fsp3) is 0.609. The van der Waals surface area contributed by atoms with Crippen LogP contribution in [0.4, 0.5) is 0 Å². The molecule has 1 saturated carbocycles. The molecule has 3 aliphatic heterocycles. The molecule has 1 aromatic carbocycles. The summed E-state index contributed by atoms with van der Waals surface area (Å²) in [6.07, 6.45) is 6.20. The molecule has 4 heteroatoms. The Balaban J connectivity index is 1.40. The summed E-state index contributed by atoms with van der Waals surface area (Å²) >= 11 is 0. The summed E-state index contributed by atoms with van der Waals surface area (Å²) in [7, 11) is 0. The average Bonchev–Trinajstić information content (AvgIpc) is 3.30. The van der Waals surface area contributed by atoms with Gasteiger partial charge in [0.15, 0.2) is 0 Å². The molecule has 0 spiro atoms. The van der Waals surface area contributed by atoms with Crippen molar-refractivity contribution in [2.45, 2.75) is 38.0 Å². The molecule has 3 heterocycles. The Morgan fingerprint density at radius 2 is 2.00 bits per heavy atom. The zero-order chi connectivity index (χ0) is 18.5. The third kappa shape index (κ3) is 2.76. The van der Waals surface area contributed by atoms with E-state index in [1.54, 1.807) is 0 Å². The van der Waals surface area contributed by atoms with Gasteiger partial charge >= 0.3 is 0 Å². The first-order valence-corrected chi connectivity index (χ1v) is 10.5. The summed E-state index contributed by atoms with van der Waals surface area (Å²) in [5.74, 6) is 1.01. The zero-order valence-corrected chi connectivity index (χ0v) is 16.3. The molecule has 0 unspecified atom stereocenters. The van der Waals surface area contributed by atoms with Crippen LogP contribution >= 0.6 is 0 Å². The van der Waals surface area contributed by atoms with Gasteiger partial charge in [-0.2, -0.15) is 0 Å². The number of hydrogen-bond donors (Lipinski definition) is 1. The molecule has 0 radical (unpaired) electrons. The molecule has 0 aromatic heterocycles. The summed E-state index contributed by atoms with van der Waals surface area (Å²) in [5, 5.41) is 3.39. The van der Waals surface area contributed by atoms with Crippen molar-refractivity contribution in [3.63, 3.8) is 0 Å². The topological polar surface area (TPSA) is 41.6 Å². The number of carbonyl (C=O) groups excluding carboxylic acids is 1. The van der Waals surface area contributed by atoms with Crippen LogP contribution in [0.15, 0.2) is 35.9 Å². The molecule has 1 aromatic rings. The van der Waals surface area contributed by atoms with Crippen LogP contribution in [-0.2, 0) is 14.9 Å². The van der Waals surface area contributed by atoms with Gasteiger partial charge in [0.05, 0.1) is 5.41 Å². The van der Waals surface area contributed by atoms with E-state index < -0.39 is 0 Å². The highest BCUT2D eigenvalue weighted by molar-refractivity contribution is 5.87. The number of hydrogen-bond acceptors (Lipinski definition) is 3. The number of ether oxygens (including phenoxy) is 1. The van der Waals surface area contributed by atoms with Crippen LogP contribution in [0, 0.1) is 18.3 Å². The highest BCUT2D eigenvalue weighted by atomic mass is 16.5. The molecule has 4 nitrogen and oxygen atoms in total. The van der Waals surface area contributed by atoms with Crippen LogP contribution in [-0.4, -0.2) is 50.2 Å². The van der Waals surface area contributed by atoms with Crippen molar-refractivity contribution in [3.8, 4) is 0 Å². The predicted octanol–water partition coefficient (Wildman–Crippen LogP) is 2.81. The lowest BCUT2D eigenvalue weighted by Gasteiger charge is -2.42. The molecule has 2 saturated heterocycles. The van der Waals surface area contributed by atoms with E-state index in [0.29, 0.717) is 25.0 Å². The highest BCUT2D eigenvalue weighted by Gasteiger charge is 2.63. The number of piperidine rings is 1. The number of aryl methyl sites for hydroxylation is 1. The van der Waals surface area contributed by atoms with Gasteiger partial charge in [-0.25, -0.2) is 0 Å². The molecule has 5 rings (SSSR count). The number of amides is 1. The molecule has 4 aliphatic rings. The lowest BCUT2D eigenvalue weighted by atomic mass is 9.70. The van der Waals surface area contributed by atoms with Crippen LogP contribution in [0.25, 0.3) is 0 Å². The third-order valence-corrected chi connectivity index (χ3v) is 7.49. The smallest absolute Gasteiger partial charge is 0.233 e. The molecule has 144 valence electrons. The quantitative estimate of drug-likeness (QED) is 0.837. The fourth-order valence-corrected chi connectivity index (χ4v) is 5.72. The van der Waals surface area contributed by atoms with E-state index in [1.165, 1.54) is 23.1 Å². The van der Waals surface area contributed by atoms with Crippen LogP contribution < -0.4 is 5.32 Å². The van der Waals surface area contributed by atoms with Gasteiger partial charge in [0.1, 0.15) is 0 Å². The van der Waals surface area contributed by atoms with Crippen molar-refractivity contribution in [1.82, 2.24) is 10.2 Å². The van der Waals surface area contributed by atoms with E-state index >= 15 is 0 Å². The Hall–Kier alpha value is -1.65. The van der Waals surface area contributed by atoms with Gasteiger partial charge in [0.25, 0.3) is 0 Å². The molecule has 1 N–H and O–H groups in total. The van der Waals surface area contributed by atoms with E-state index in [9.17, 15) is 4.79 Å². The van der Waals surface area contributed by atoms with E-state index in [2.05, 4.69) is 47.5 Å². The number of carbonyl (C=O) groups is 1. The Labute approximate surface area is 162 Å². The SMILES string of the molecule is Cc1ccc([C@]23C[C@H]2CN(C(=O)C2(C4=CCNCC4)CCOCC2)C3)cc1. The molecule has 0 bridgehead atoms. The molecule has 1 aliphatic carbocycles. The maximum atomic E-state index is 13.8. The second kappa shape index (κ2) is 6.46. The van der Waals surface area contributed by atoms with Crippen LogP contribution in [0.1, 0.15) is 36.8 Å². The van der Waals surface area contributed by atoms with Gasteiger partial charge in [-0.15, -0.1) is 0 Å². The van der Waals surface area contributed by atoms with E-state index in [0.717, 1.165) is 45.4 Å². The number of rotatable bonds is 3. The third-order valence-electron chi connectivity index (χ3n) is 7.49. The van der Waals surface area contributed by atoms with Gasteiger partial charge in [0.2, 0.25) is 5.91 Å². The van der Waals surface area contributed by atoms with Crippen LogP contribution in [0.3, 0.4) is 0 Å². The predicted molar refractivity (Wildman–Crippen MR) is 106 cm³/mol. The number of benzene rings is 1. The van der Waals surface area contributed by atoms with Gasteiger partial charge in [-0.1, -0.05) is 41.5 Å². The Morgan fingerprint density at radius 1 is 1.22 bits per heavy atom. The van der Waals surface area contributed by atoms with Gasteiger partial charge in [-0.05, 0) is 50.6 Å². The number of likely N-dealkylation sites (tertiary alicyclic amines) is 1. The van der Waals surface area contributed by atoms with Crippen molar-refractivity contribution >= 4 is 5.91 Å². The van der Waals surface area contributed by atoms with Gasteiger partial charge in [0, 0.05) is 38.3 Å². The van der Waals surface area contributed by atoms with E-state index in [1.807, 2.05) is 0 Å². The van der Waals surface area contributed by atoms with Crippen molar-refractivity contribution in [2.75, 3.05) is 39.4 Å². The van der Waals surface area contributed by atoms with E-state index in [-0.39, 0.29) is 10.8 Å². The number of nitrogens with one attached hydrogen (secondary N) is 1. The molecule has 27 heavy (non-hydrogen) atoms. The van der Waals surface area contributed by atoms with Crippen molar-refractivity contribution in [1.29, 1.82) is 0 Å². The summed E-state index contributed by atoms with van der Waals surface area (Å²) in [6, 6.07) is 8.99. The molecule has 1 amide bonds. The Bertz CT molecular complexity index is 763. The van der Waals surface area contributed by atoms with Crippen LogP contribution in [0.2, 0.25) is 0 Å². The number of fused-ring (bicyclic) bond motifs is 1. The summed E-state index contributed by atoms with van der Waals surface area (Å²) in [4.78, 5) is 16.0. The molecular weight excluding hydrogens is 336 g/mol. The fourth-order valence-electron chi connectivity index (χ4n) is 5.72. The second-order valence-corrected chi connectivity index (χ2v) is 8.99. The maximum absolute atomic E-state index is 13.8. The summed E-state index contributed by atoms with van der Waals surface area (Å²) in [6.45, 7) is 7.25. The summed E-state index contributed by atoms with van der Waals surface area (Å²) in [5.41, 5.74) is 4.00. The first-order chi connectivity index (χ1) is 13.1. The first kappa shape index (κ1) is 17.4. The summed E-state index contributed by atoms with van der Waals surface area (Å²) < 4.78 is 5.65. The minimum atomic E-state index is -0.314. The van der Waals surface area contributed by atoms with Gasteiger partial charge < -0.3 is 15.0 Å². The maximum Gasteiger partial charge on any atom is 0.233 e. The minimum Gasteiger partial charge on any atom is -0.381 e. The standard InChI is InChI=1S/C23H30N2O2/c1-17-2-4-18(5-3-17)23-14-20(23)15-25(16-23)21(26)22(8-12-27-13-9-22)19-6-10-24-11-7-19/h2-6,20,24H,7-16H2,1H3/t20-,23+/m0/s1. The Kier molecular flexibility index (Phi) is 4.17. The van der Waals surface area contributed by atoms with Crippen LogP contribution in [0.5, 0.6) is 0 Å². The largest absolute Gasteiger partial charge is 0.381 e. The lowest BCUT2D eigenvalue weighted by molar-refractivity contribution is -0.144. The monoisotopic (exact) mass is 366 g/mol. The van der Waals surface area contributed by atoms with Crippen molar-refractivity contribution < 1.29 is 9.53 Å².